The maximum Gasteiger partial charge on any atom is 0.180 e. The van der Waals surface area contributed by atoms with Crippen LogP contribution in [-0.4, -0.2) is 9.97 Å². The first-order chi connectivity index (χ1) is 28.5. The number of fused-ring (bicyclic) bond motifs is 12. The van der Waals surface area contributed by atoms with E-state index < -0.39 is 0 Å². The van der Waals surface area contributed by atoms with E-state index in [1.54, 1.807) is 0 Å². The molecule has 0 amide bonds. The lowest BCUT2D eigenvalue weighted by Gasteiger charge is -2.21. The molecule has 3 nitrogen and oxygen atoms in total. The van der Waals surface area contributed by atoms with Gasteiger partial charge in [0.1, 0.15) is 16.8 Å². The lowest BCUT2D eigenvalue weighted by atomic mass is 9.82. The van der Waals surface area contributed by atoms with Gasteiger partial charge in [-0.3, -0.25) is 0 Å². The van der Waals surface area contributed by atoms with Crippen molar-refractivity contribution in [3.63, 3.8) is 0 Å². The summed E-state index contributed by atoms with van der Waals surface area (Å²) in [6.07, 6.45) is 0. The monoisotopic (exact) mass is 740 g/mol. The second-order valence-corrected chi connectivity index (χ2v) is 16.1. The SMILES string of the molecule is CC1(C)c2ccccc2-c2ccc(-c3nc(-c4ccccc4)c4oc5cc(-c6cccc(-c7ccc8c9ccccc9c9ccccc9c8c7)c6)ccc5c4n3)cc21. The Hall–Kier alpha value is -7.36. The summed E-state index contributed by atoms with van der Waals surface area (Å²) >= 11 is 0. The van der Waals surface area contributed by atoms with E-state index in [2.05, 4.69) is 178 Å². The first-order valence-corrected chi connectivity index (χ1v) is 20.0. The maximum absolute atomic E-state index is 6.75. The molecule has 0 atom stereocenters. The molecule has 0 aliphatic heterocycles. The smallest absolute Gasteiger partial charge is 0.180 e. The zero-order valence-corrected chi connectivity index (χ0v) is 32.1. The van der Waals surface area contributed by atoms with Crippen LogP contribution in [-0.2, 0) is 5.41 Å². The number of nitrogens with zero attached hydrogens (tertiary/aromatic N) is 2. The average molecular weight is 741 g/mol. The molecule has 0 N–H and O–H groups in total. The van der Waals surface area contributed by atoms with Crippen LogP contribution in [0.1, 0.15) is 25.0 Å². The largest absolute Gasteiger partial charge is 0.452 e. The van der Waals surface area contributed by atoms with Crippen LogP contribution in [0.2, 0.25) is 0 Å². The van der Waals surface area contributed by atoms with Gasteiger partial charge >= 0.3 is 0 Å². The van der Waals surface area contributed by atoms with Crippen molar-refractivity contribution in [2.24, 2.45) is 0 Å². The van der Waals surface area contributed by atoms with Gasteiger partial charge in [0.25, 0.3) is 0 Å². The van der Waals surface area contributed by atoms with Crippen LogP contribution in [0.5, 0.6) is 0 Å². The average Bonchev–Trinajstić information content (AvgIpc) is 3.77. The van der Waals surface area contributed by atoms with Crippen LogP contribution >= 0.6 is 0 Å². The third-order valence-electron chi connectivity index (χ3n) is 12.5. The van der Waals surface area contributed by atoms with Crippen molar-refractivity contribution >= 4 is 54.4 Å². The minimum atomic E-state index is -0.123. The fourth-order valence-corrected chi connectivity index (χ4v) is 9.55. The topological polar surface area (TPSA) is 38.9 Å². The summed E-state index contributed by atoms with van der Waals surface area (Å²) in [4.78, 5) is 10.5. The molecule has 0 radical (unpaired) electrons. The Kier molecular flexibility index (Phi) is 6.98. The highest BCUT2D eigenvalue weighted by molar-refractivity contribution is 6.25. The molecule has 9 aromatic carbocycles. The maximum atomic E-state index is 6.75. The van der Waals surface area contributed by atoms with Gasteiger partial charge in [-0.1, -0.05) is 166 Å². The zero-order valence-electron chi connectivity index (χ0n) is 32.1. The highest BCUT2D eigenvalue weighted by Gasteiger charge is 2.35. The molecule has 0 bridgehead atoms. The molecule has 272 valence electrons. The van der Waals surface area contributed by atoms with Crippen molar-refractivity contribution in [2.75, 3.05) is 0 Å². The van der Waals surface area contributed by atoms with E-state index in [0.29, 0.717) is 11.4 Å². The third kappa shape index (κ3) is 4.86. The van der Waals surface area contributed by atoms with E-state index >= 15 is 0 Å². The number of furan rings is 1. The summed E-state index contributed by atoms with van der Waals surface area (Å²) in [6, 6.07) is 65.5. The van der Waals surface area contributed by atoms with E-state index in [1.807, 2.05) is 18.2 Å². The van der Waals surface area contributed by atoms with Gasteiger partial charge in [0.15, 0.2) is 11.4 Å². The highest BCUT2D eigenvalue weighted by Crippen LogP contribution is 2.50. The second kappa shape index (κ2) is 12.3. The van der Waals surface area contributed by atoms with Gasteiger partial charge < -0.3 is 4.42 Å². The van der Waals surface area contributed by atoms with Crippen LogP contribution in [0.15, 0.2) is 186 Å². The lowest BCUT2D eigenvalue weighted by Crippen LogP contribution is -2.15. The van der Waals surface area contributed by atoms with E-state index in [0.717, 1.165) is 44.4 Å². The number of hydrogen-bond donors (Lipinski definition) is 0. The van der Waals surface area contributed by atoms with Gasteiger partial charge in [0, 0.05) is 21.9 Å². The number of rotatable bonds is 4. The van der Waals surface area contributed by atoms with Crippen molar-refractivity contribution in [1.29, 1.82) is 0 Å². The molecule has 58 heavy (non-hydrogen) atoms. The fourth-order valence-electron chi connectivity index (χ4n) is 9.55. The number of aromatic nitrogens is 2. The fraction of sp³-hybridized carbons (Fsp3) is 0.0545. The van der Waals surface area contributed by atoms with Crippen molar-refractivity contribution in [2.45, 2.75) is 19.3 Å². The standard InChI is InChI=1S/C55H36N2O/c1-55(2)48-22-11-10-21-44(48)45-27-25-38(31-49(45)55)54-56-51(33-13-4-3-5-14-33)53-52(57-54)46-28-24-37(32-50(46)58-53)35-16-12-15-34(29-35)36-23-26-43-41-19-7-6-17-39(41)40-18-8-9-20-42(40)47(43)30-36/h3-32H,1-2H3. The van der Waals surface area contributed by atoms with Crippen LogP contribution in [0.3, 0.4) is 0 Å². The van der Waals surface area contributed by atoms with Gasteiger partial charge in [-0.25, -0.2) is 9.97 Å². The summed E-state index contributed by atoms with van der Waals surface area (Å²) < 4.78 is 6.75. The van der Waals surface area contributed by atoms with Gasteiger partial charge in [-0.05, 0) is 107 Å². The molecule has 2 heterocycles. The molecule has 1 aliphatic carbocycles. The summed E-state index contributed by atoms with van der Waals surface area (Å²) in [5.41, 5.74) is 14.8. The van der Waals surface area contributed by atoms with Gasteiger partial charge in [0.05, 0.1) is 0 Å². The molecule has 2 aromatic heterocycles. The first kappa shape index (κ1) is 32.8. The molecular formula is C55H36N2O. The molecule has 12 rings (SSSR count). The highest BCUT2D eigenvalue weighted by atomic mass is 16.3. The van der Waals surface area contributed by atoms with Crippen molar-refractivity contribution < 1.29 is 4.42 Å². The second-order valence-electron chi connectivity index (χ2n) is 16.1. The Bertz CT molecular complexity index is 3450. The predicted molar refractivity (Wildman–Crippen MR) is 241 cm³/mol. The molecular weight excluding hydrogens is 705 g/mol. The van der Waals surface area contributed by atoms with Crippen LogP contribution in [0, 0.1) is 0 Å². The quantitative estimate of drug-likeness (QED) is 0.169. The van der Waals surface area contributed by atoms with E-state index in [4.69, 9.17) is 14.4 Å². The minimum Gasteiger partial charge on any atom is -0.452 e. The van der Waals surface area contributed by atoms with Gasteiger partial charge in [-0.15, -0.1) is 0 Å². The molecule has 1 aliphatic rings. The van der Waals surface area contributed by atoms with Crippen LogP contribution in [0.25, 0.3) is 110 Å². The normalized spacial score (nSPS) is 13.1. The summed E-state index contributed by atoms with van der Waals surface area (Å²) in [5, 5.41) is 8.64. The van der Waals surface area contributed by atoms with Crippen molar-refractivity contribution in [1.82, 2.24) is 9.97 Å². The Balaban J connectivity index is 0.978. The summed E-state index contributed by atoms with van der Waals surface area (Å²) in [7, 11) is 0. The number of hydrogen-bond acceptors (Lipinski definition) is 3. The zero-order chi connectivity index (χ0) is 38.5. The summed E-state index contributed by atoms with van der Waals surface area (Å²) in [6.45, 7) is 4.62. The Morgan fingerprint density at radius 3 is 1.67 bits per heavy atom. The first-order valence-electron chi connectivity index (χ1n) is 20.0. The lowest BCUT2D eigenvalue weighted by molar-refractivity contribution is 0.660. The third-order valence-corrected chi connectivity index (χ3v) is 12.5. The number of benzene rings is 9. The molecule has 0 saturated carbocycles. The molecule has 0 saturated heterocycles. The van der Waals surface area contributed by atoms with Crippen molar-refractivity contribution in [3.8, 4) is 56.0 Å². The molecule has 0 fully saturated rings. The Morgan fingerprint density at radius 1 is 0.379 bits per heavy atom. The Labute approximate surface area is 335 Å². The minimum absolute atomic E-state index is 0.123. The summed E-state index contributed by atoms with van der Waals surface area (Å²) in [5.74, 6) is 0.691. The molecule has 3 heteroatoms. The van der Waals surface area contributed by atoms with E-state index in [9.17, 15) is 0 Å². The van der Waals surface area contributed by atoms with E-state index in [1.165, 1.54) is 65.7 Å². The van der Waals surface area contributed by atoms with E-state index in [-0.39, 0.29) is 5.41 Å². The molecule has 0 spiro atoms. The van der Waals surface area contributed by atoms with Crippen LogP contribution < -0.4 is 0 Å². The molecule has 0 unspecified atom stereocenters. The predicted octanol–water partition coefficient (Wildman–Crippen LogP) is 14.8. The van der Waals surface area contributed by atoms with Crippen LogP contribution in [0.4, 0.5) is 0 Å². The van der Waals surface area contributed by atoms with Gasteiger partial charge in [-0.2, -0.15) is 0 Å². The molecule has 11 aromatic rings. The Morgan fingerprint density at radius 2 is 0.931 bits per heavy atom. The van der Waals surface area contributed by atoms with Gasteiger partial charge in [0.2, 0.25) is 0 Å². The van der Waals surface area contributed by atoms with Crippen molar-refractivity contribution in [3.05, 3.63) is 193 Å².